The van der Waals surface area contributed by atoms with Crippen LogP contribution in [0.2, 0.25) is 0 Å². The topological polar surface area (TPSA) is 107 Å². The van der Waals surface area contributed by atoms with Crippen LogP contribution in [0.5, 0.6) is 0 Å². The van der Waals surface area contributed by atoms with E-state index in [9.17, 15) is 24.6 Å². The molecule has 2 amide bonds. The maximum absolute atomic E-state index is 14.5. The van der Waals surface area contributed by atoms with Crippen LogP contribution in [-0.4, -0.2) is 69.3 Å². The van der Waals surface area contributed by atoms with Gasteiger partial charge in [0.15, 0.2) is 0 Å². The van der Waals surface area contributed by atoms with E-state index < -0.39 is 47.0 Å². The number of amides is 2. The van der Waals surface area contributed by atoms with Gasteiger partial charge in [-0.2, -0.15) is 0 Å². The van der Waals surface area contributed by atoms with Crippen LogP contribution >= 0.6 is 0 Å². The van der Waals surface area contributed by atoms with Gasteiger partial charge in [0.05, 0.1) is 30.1 Å². The number of aliphatic hydroxyl groups excluding tert-OH is 1. The zero-order valence-corrected chi connectivity index (χ0v) is 21.2. The Bertz CT molecular complexity index is 1070. The van der Waals surface area contributed by atoms with E-state index in [1.807, 2.05) is 45.9 Å². The Morgan fingerprint density at radius 1 is 1.31 bits per heavy atom. The Hall–Kier alpha value is -2.71. The molecule has 6 atom stereocenters. The van der Waals surface area contributed by atoms with E-state index in [1.54, 1.807) is 17.9 Å². The van der Waals surface area contributed by atoms with Crippen LogP contribution in [0.25, 0.3) is 0 Å². The highest BCUT2D eigenvalue weighted by atomic mass is 16.5. The number of carbonyl (C=O) groups excluding carboxylic acids is 2. The summed E-state index contributed by atoms with van der Waals surface area (Å²) in [6.45, 7) is 13.1. The summed E-state index contributed by atoms with van der Waals surface area (Å²) in [5, 5.41) is 20.4. The molecule has 8 nitrogen and oxygen atoms in total. The molecule has 1 spiro atoms. The predicted octanol–water partition coefficient (Wildman–Crippen LogP) is 2.69. The Morgan fingerprint density at radius 2 is 2.00 bits per heavy atom. The zero-order valence-electron chi connectivity index (χ0n) is 21.2. The van der Waals surface area contributed by atoms with Gasteiger partial charge in [-0.15, -0.1) is 6.58 Å². The maximum atomic E-state index is 14.5. The minimum Gasteiger partial charge on any atom is -0.481 e. The summed E-state index contributed by atoms with van der Waals surface area (Å²) in [7, 11) is 0. The number of aliphatic hydroxyl groups is 1. The molecule has 0 aromatic heterocycles. The second-order valence-electron chi connectivity index (χ2n) is 10.8. The number of rotatable bonds is 8. The molecule has 3 saturated heterocycles. The summed E-state index contributed by atoms with van der Waals surface area (Å²) >= 11 is 0. The molecule has 3 heterocycles. The molecule has 1 aromatic rings. The third-order valence-corrected chi connectivity index (χ3v) is 8.26. The second kappa shape index (κ2) is 8.75. The monoisotopic (exact) mass is 484 g/mol. The number of ether oxygens (including phenoxy) is 1. The van der Waals surface area contributed by atoms with Gasteiger partial charge in [0.2, 0.25) is 5.91 Å². The van der Waals surface area contributed by atoms with E-state index in [-0.39, 0.29) is 25.0 Å². The van der Waals surface area contributed by atoms with Gasteiger partial charge in [-0.05, 0) is 56.7 Å². The molecular weight excluding hydrogens is 448 g/mol. The third-order valence-electron chi connectivity index (χ3n) is 8.26. The summed E-state index contributed by atoms with van der Waals surface area (Å²) in [5.74, 6) is -4.05. The van der Waals surface area contributed by atoms with Crippen LogP contribution in [0.1, 0.15) is 44.7 Å². The number of hydrogen-bond donors (Lipinski definition) is 2. The Labute approximate surface area is 206 Å². The molecule has 0 saturated carbocycles. The zero-order chi connectivity index (χ0) is 25.9. The van der Waals surface area contributed by atoms with Gasteiger partial charge in [-0.1, -0.05) is 32.1 Å². The molecule has 1 aromatic carbocycles. The lowest BCUT2D eigenvalue weighted by Gasteiger charge is -2.40. The Balaban J connectivity index is 1.90. The fourth-order valence-electron chi connectivity index (χ4n) is 6.59. The molecule has 3 aliphatic heterocycles. The van der Waals surface area contributed by atoms with Crippen LogP contribution in [0.3, 0.4) is 0 Å². The van der Waals surface area contributed by atoms with E-state index in [1.165, 1.54) is 4.90 Å². The average Bonchev–Trinajstić information content (AvgIpc) is 3.35. The van der Waals surface area contributed by atoms with Gasteiger partial charge in [0.25, 0.3) is 5.91 Å². The number of carboxylic acid groups (broad SMARTS) is 1. The molecule has 0 radical (unpaired) electrons. The number of benzene rings is 1. The van der Waals surface area contributed by atoms with Crippen molar-refractivity contribution in [3.63, 3.8) is 0 Å². The number of hydrogen-bond acceptors (Lipinski definition) is 5. The molecule has 0 aliphatic carbocycles. The number of aliphatic carboxylic acids is 1. The van der Waals surface area contributed by atoms with Crippen molar-refractivity contribution in [1.29, 1.82) is 0 Å². The van der Waals surface area contributed by atoms with Crippen molar-refractivity contribution >= 4 is 23.5 Å². The number of fused-ring (bicyclic) bond motifs is 1. The van der Waals surface area contributed by atoms with Crippen molar-refractivity contribution in [2.45, 2.75) is 70.7 Å². The largest absolute Gasteiger partial charge is 0.481 e. The van der Waals surface area contributed by atoms with Crippen molar-refractivity contribution in [2.24, 2.45) is 17.8 Å². The Morgan fingerprint density at radius 3 is 2.57 bits per heavy atom. The maximum Gasteiger partial charge on any atom is 0.310 e. The van der Waals surface area contributed by atoms with Crippen LogP contribution in [0.15, 0.2) is 30.9 Å². The normalized spacial score (nSPS) is 32.1. The molecule has 2 N–H and O–H groups in total. The van der Waals surface area contributed by atoms with Crippen LogP contribution in [0.4, 0.5) is 5.69 Å². The van der Waals surface area contributed by atoms with Crippen LogP contribution in [-0.2, 0) is 19.1 Å². The third kappa shape index (κ3) is 3.61. The molecule has 2 bridgehead atoms. The minimum atomic E-state index is -1.26. The molecule has 3 fully saturated rings. The highest BCUT2D eigenvalue weighted by Crippen LogP contribution is 2.63. The molecular formula is C27H36N2O6. The van der Waals surface area contributed by atoms with Gasteiger partial charge < -0.3 is 24.7 Å². The lowest BCUT2D eigenvalue weighted by Crippen LogP contribution is -2.60. The highest BCUT2D eigenvalue weighted by Gasteiger charge is 2.79. The number of likely N-dealkylation sites (tertiary alicyclic amines) is 1. The van der Waals surface area contributed by atoms with E-state index in [0.717, 1.165) is 11.1 Å². The quantitative estimate of drug-likeness (QED) is 0.550. The lowest BCUT2D eigenvalue weighted by molar-refractivity contribution is -0.156. The number of aryl methyl sites for hydroxylation is 2. The fourth-order valence-corrected chi connectivity index (χ4v) is 6.59. The SMILES string of the molecule is C=CCN(C(=O)C1N([C@@H](CO)C(C)C)C(=O)[C@@H]2[C@@H](C(=O)O)[C@@]3(C)CCC12O3)c1cc(C)ccc1C. The van der Waals surface area contributed by atoms with Crippen LogP contribution < -0.4 is 4.90 Å². The number of anilines is 1. The van der Waals surface area contributed by atoms with Gasteiger partial charge in [0, 0.05) is 12.2 Å². The molecule has 4 rings (SSSR count). The van der Waals surface area contributed by atoms with Gasteiger partial charge in [-0.3, -0.25) is 14.4 Å². The van der Waals surface area contributed by atoms with E-state index in [0.29, 0.717) is 18.5 Å². The lowest BCUT2D eigenvalue weighted by atomic mass is 9.66. The standard InChI is InChI=1S/C27H36N2O6/c1-7-12-28(18-13-16(4)8-9-17(18)5)24(32)22-27-11-10-26(6,35-27)21(25(33)34)20(27)23(31)29(22)19(14-30)15(2)3/h7-9,13,15,19-22,30H,1,10-12,14H2,2-6H3,(H,33,34)/t19-,20-,21-,22?,26+,27?/m0/s1. The summed E-state index contributed by atoms with van der Waals surface area (Å²) in [4.78, 5) is 43.9. The minimum absolute atomic E-state index is 0.154. The fraction of sp³-hybridized carbons (Fsp3) is 0.593. The van der Waals surface area contributed by atoms with Gasteiger partial charge in [0.1, 0.15) is 11.6 Å². The second-order valence-corrected chi connectivity index (χ2v) is 10.8. The summed E-state index contributed by atoms with van der Waals surface area (Å²) < 4.78 is 6.47. The van der Waals surface area contributed by atoms with E-state index in [2.05, 4.69) is 6.58 Å². The predicted molar refractivity (Wildman–Crippen MR) is 131 cm³/mol. The van der Waals surface area contributed by atoms with Gasteiger partial charge >= 0.3 is 5.97 Å². The summed E-state index contributed by atoms with van der Waals surface area (Å²) in [6, 6.07) is 4.14. The van der Waals surface area contributed by atoms with Crippen molar-refractivity contribution in [3.05, 3.63) is 42.0 Å². The molecule has 2 unspecified atom stereocenters. The van der Waals surface area contributed by atoms with Crippen molar-refractivity contribution in [3.8, 4) is 0 Å². The first-order chi connectivity index (χ1) is 16.4. The molecule has 8 heteroatoms. The number of nitrogens with zero attached hydrogens (tertiary/aromatic N) is 2. The first-order valence-corrected chi connectivity index (χ1v) is 12.3. The smallest absolute Gasteiger partial charge is 0.310 e. The molecule has 190 valence electrons. The van der Waals surface area contributed by atoms with E-state index in [4.69, 9.17) is 4.74 Å². The first kappa shape index (κ1) is 25.4. The van der Waals surface area contributed by atoms with E-state index >= 15 is 0 Å². The molecule has 3 aliphatic rings. The van der Waals surface area contributed by atoms with Crippen molar-refractivity contribution in [2.75, 3.05) is 18.1 Å². The average molecular weight is 485 g/mol. The van der Waals surface area contributed by atoms with Gasteiger partial charge in [-0.25, -0.2) is 0 Å². The summed E-state index contributed by atoms with van der Waals surface area (Å²) in [5.41, 5.74) is 0.304. The number of carbonyl (C=O) groups is 3. The first-order valence-electron chi connectivity index (χ1n) is 12.3. The van der Waals surface area contributed by atoms with Crippen molar-refractivity contribution < 1.29 is 29.3 Å². The van der Waals surface area contributed by atoms with Crippen molar-refractivity contribution in [1.82, 2.24) is 4.90 Å². The molecule has 35 heavy (non-hydrogen) atoms. The highest BCUT2D eigenvalue weighted by molar-refractivity contribution is 6.05. The summed E-state index contributed by atoms with van der Waals surface area (Å²) in [6.07, 6.45) is 2.49. The Kier molecular flexibility index (Phi) is 6.34. The van der Waals surface area contributed by atoms with Crippen LogP contribution in [0, 0.1) is 31.6 Å². The number of carboxylic acids is 1.